The fourth-order valence-corrected chi connectivity index (χ4v) is 5.18. The van der Waals surface area contributed by atoms with E-state index in [0.29, 0.717) is 18.4 Å². The van der Waals surface area contributed by atoms with Crippen LogP contribution >= 0.6 is 11.3 Å². The van der Waals surface area contributed by atoms with E-state index in [1.807, 2.05) is 18.4 Å². The number of piperidine rings is 1. The van der Waals surface area contributed by atoms with Crippen LogP contribution in [0.25, 0.3) is 0 Å². The molecule has 8 heteroatoms. The van der Waals surface area contributed by atoms with Crippen LogP contribution in [0.15, 0.2) is 17.1 Å². The van der Waals surface area contributed by atoms with Crippen LogP contribution in [0.3, 0.4) is 0 Å². The Hall–Kier alpha value is -1.64. The molecule has 1 aromatic rings. The van der Waals surface area contributed by atoms with E-state index in [1.54, 1.807) is 7.05 Å². The predicted octanol–water partition coefficient (Wildman–Crippen LogP) is 1.85. The Bertz CT molecular complexity index is 678. The number of likely N-dealkylation sites (tertiary alicyclic amines) is 1. The number of aryl methyl sites for hydroxylation is 1. The van der Waals surface area contributed by atoms with Gasteiger partial charge in [0.25, 0.3) is 0 Å². The quantitative estimate of drug-likeness (QED) is 0.542. The number of hydrogen-bond donors (Lipinski definition) is 2. The summed E-state index contributed by atoms with van der Waals surface area (Å²) in [6, 6.07) is 4.80. The molecule has 2 aliphatic heterocycles. The molecular weight excluding hydrogens is 386 g/mol. The summed E-state index contributed by atoms with van der Waals surface area (Å²) in [5, 5.41) is 6.37. The molecule has 2 N–H and O–H groups in total. The van der Waals surface area contributed by atoms with Crippen LogP contribution in [0.2, 0.25) is 0 Å². The highest BCUT2D eigenvalue weighted by molar-refractivity contribution is 7.12. The van der Waals surface area contributed by atoms with Gasteiger partial charge < -0.3 is 20.3 Å². The van der Waals surface area contributed by atoms with Gasteiger partial charge in [-0.2, -0.15) is 0 Å². The van der Waals surface area contributed by atoms with Crippen molar-refractivity contribution >= 4 is 23.2 Å². The first-order valence-corrected chi connectivity index (χ1v) is 11.5. The zero-order valence-corrected chi connectivity index (χ0v) is 18.8. The average Bonchev–Trinajstić information content (AvgIpc) is 3.18. The van der Waals surface area contributed by atoms with Crippen LogP contribution in [0.1, 0.15) is 35.1 Å². The largest absolute Gasteiger partial charge is 0.379 e. The van der Waals surface area contributed by atoms with E-state index in [2.05, 4.69) is 44.5 Å². The zero-order valence-electron chi connectivity index (χ0n) is 17.9. The van der Waals surface area contributed by atoms with E-state index in [1.165, 1.54) is 9.75 Å². The van der Waals surface area contributed by atoms with Gasteiger partial charge in [0.05, 0.1) is 19.3 Å². The molecule has 2 saturated heterocycles. The topological polar surface area (TPSA) is 69.2 Å². The number of amides is 1. The minimum atomic E-state index is 0.144. The third-order valence-electron chi connectivity index (χ3n) is 5.91. The lowest BCUT2D eigenvalue weighted by Crippen LogP contribution is -2.49. The maximum absolute atomic E-state index is 11.6. The molecule has 3 heterocycles. The maximum atomic E-state index is 11.6. The number of morpholine rings is 1. The minimum Gasteiger partial charge on any atom is -0.379 e. The van der Waals surface area contributed by atoms with Crippen molar-refractivity contribution < 1.29 is 9.53 Å². The fraction of sp³-hybridized carbons (Fsp3) is 0.714. The summed E-state index contributed by atoms with van der Waals surface area (Å²) in [5.41, 5.74) is 0. The summed E-state index contributed by atoms with van der Waals surface area (Å²) in [7, 11) is 3.57. The molecule has 1 unspecified atom stereocenters. The van der Waals surface area contributed by atoms with Crippen LogP contribution in [0.4, 0.5) is 0 Å². The molecule has 162 valence electrons. The molecule has 2 fully saturated rings. The van der Waals surface area contributed by atoms with Gasteiger partial charge >= 0.3 is 0 Å². The number of thiophene rings is 1. The van der Waals surface area contributed by atoms with E-state index in [-0.39, 0.29) is 5.91 Å². The molecule has 0 aliphatic carbocycles. The lowest BCUT2D eigenvalue weighted by molar-refractivity contribution is -0.121. The second-order valence-electron chi connectivity index (χ2n) is 7.85. The Morgan fingerprint density at radius 1 is 1.28 bits per heavy atom. The Balaban J connectivity index is 1.57. The molecule has 1 aromatic heterocycles. The molecule has 0 radical (unpaired) electrons. The molecule has 0 aromatic carbocycles. The summed E-state index contributed by atoms with van der Waals surface area (Å²) in [5.74, 6) is 1.58. The monoisotopic (exact) mass is 421 g/mol. The number of carbonyl (C=O) groups excluding carboxylic acids is 1. The van der Waals surface area contributed by atoms with E-state index >= 15 is 0 Å². The minimum absolute atomic E-state index is 0.144. The van der Waals surface area contributed by atoms with Gasteiger partial charge in [0, 0.05) is 63.0 Å². The van der Waals surface area contributed by atoms with E-state index < -0.39 is 0 Å². The Labute approximate surface area is 178 Å². The highest BCUT2D eigenvalue weighted by Crippen LogP contribution is 2.28. The van der Waals surface area contributed by atoms with Gasteiger partial charge in [0.15, 0.2) is 5.96 Å². The first-order valence-electron chi connectivity index (χ1n) is 10.6. The van der Waals surface area contributed by atoms with Gasteiger partial charge in [0.1, 0.15) is 0 Å². The average molecular weight is 422 g/mol. The number of guanidine groups is 1. The van der Waals surface area contributed by atoms with Crippen LogP contribution in [-0.4, -0.2) is 81.7 Å². The highest BCUT2D eigenvalue weighted by atomic mass is 32.1. The number of nitrogens with zero attached hydrogens (tertiary/aromatic N) is 3. The van der Waals surface area contributed by atoms with Crippen LogP contribution in [0, 0.1) is 12.8 Å². The summed E-state index contributed by atoms with van der Waals surface area (Å²) < 4.78 is 5.56. The molecular formula is C21H35N5O2S. The van der Waals surface area contributed by atoms with Crippen molar-refractivity contribution in [2.45, 2.75) is 32.2 Å². The number of rotatable bonds is 6. The van der Waals surface area contributed by atoms with Gasteiger partial charge in [-0.15, -0.1) is 11.3 Å². The van der Waals surface area contributed by atoms with Crippen molar-refractivity contribution in [2.24, 2.45) is 10.9 Å². The number of ether oxygens (including phenoxy) is 1. The van der Waals surface area contributed by atoms with Crippen molar-refractivity contribution in [1.82, 2.24) is 20.4 Å². The molecule has 0 saturated carbocycles. The SMILES string of the molecule is CN=C(NCC(c1ccc(C)s1)N1CCOCC1)N1CCC(CC(=O)NC)CC1. The third-order valence-corrected chi connectivity index (χ3v) is 7.01. The van der Waals surface area contributed by atoms with E-state index in [4.69, 9.17) is 4.74 Å². The number of carbonyl (C=O) groups is 1. The van der Waals surface area contributed by atoms with Crippen molar-refractivity contribution in [3.05, 3.63) is 21.9 Å². The number of aliphatic imine (C=N–C) groups is 1. The van der Waals surface area contributed by atoms with Gasteiger partial charge in [-0.1, -0.05) is 0 Å². The summed E-state index contributed by atoms with van der Waals surface area (Å²) >= 11 is 1.88. The Morgan fingerprint density at radius 2 is 2.00 bits per heavy atom. The second-order valence-corrected chi connectivity index (χ2v) is 9.17. The Kier molecular flexibility index (Phi) is 8.32. The molecule has 1 amide bonds. The molecule has 29 heavy (non-hydrogen) atoms. The first kappa shape index (κ1) is 22.1. The van der Waals surface area contributed by atoms with Gasteiger partial charge in [-0.05, 0) is 37.8 Å². The lowest BCUT2D eigenvalue weighted by Gasteiger charge is -2.37. The van der Waals surface area contributed by atoms with Crippen LogP contribution in [-0.2, 0) is 9.53 Å². The number of nitrogens with one attached hydrogen (secondary N) is 2. The fourth-order valence-electron chi connectivity index (χ4n) is 4.16. The third kappa shape index (κ3) is 6.17. The van der Waals surface area contributed by atoms with Crippen molar-refractivity contribution in [3.8, 4) is 0 Å². The summed E-state index contributed by atoms with van der Waals surface area (Å²) in [6.07, 6.45) is 2.70. The van der Waals surface area contributed by atoms with Gasteiger partial charge in [0.2, 0.25) is 5.91 Å². The van der Waals surface area contributed by atoms with Gasteiger partial charge in [-0.3, -0.25) is 14.7 Å². The van der Waals surface area contributed by atoms with E-state index in [9.17, 15) is 4.79 Å². The molecule has 2 aliphatic rings. The predicted molar refractivity (Wildman–Crippen MR) is 119 cm³/mol. The highest BCUT2D eigenvalue weighted by Gasteiger charge is 2.26. The van der Waals surface area contributed by atoms with E-state index in [0.717, 1.165) is 64.7 Å². The molecule has 0 bridgehead atoms. The van der Waals surface area contributed by atoms with Crippen molar-refractivity contribution in [1.29, 1.82) is 0 Å². The zero-order chi connectivity index (χ0) is 20.6. The van der Waals surface area contributed by atoms with Gasteiger partial charge in [-0.25, -0.2) is 0 Å². The van der Waals surface area contributed by atoms with Crippen molar-refractivity contribution in [2.75, 3.05) is 60.0 Å². The standard InChI is InChI=1S/C21H35N5O2S/c1-16-4-5-19(29-16)18(25-10-12-28-13-11-25)15-24-21(23-3)26-8-6-17(7-9-26)14-20(27)22-2/h4-5,17-18H,6-15H2,1-3H3,(H,22,27)(H,23,24). The van der Waals surface area contributed by atoms with Crippen LogP contribution in [0.5, 0.6) is 0 Å². The lowest BCUT2D eigenvalue weighted by atomic mass is 9.93. The smallest absolute Gasteiger partial charge is 0.220 e. The summed E-state index contributed by atoms with van der Waals surface area (Å²) in [6.45, 7) is 8.43. The van der Waals surface area contributed by atoms with Crippen molar-refractivity contribution in [3.63, 3.8) is 0 Å². The normalized spacial score (nSPS) is 20.5. The molecule has 7 nitrogen and oxygen atoms in total. The Morgan fingerprint density at radius 3 is 2.59 bits per heavy atom. The summed E-state index contributed by atoms with van der Waals surface area (Å²) in [4.78, 5) is 23.8. The molecule has 1 atom stereocenters. The number of hydrogen-bond acceptors (Lipinski definition) is 5. The first-order chi connectivity index (χ1) is 14.1. The second kappa shape index (κ2) is 10.9. The maximum Gasteiger partial charge on any atom is 0.220 e. The van der Waals surface area contributed by atoms with Crippen LogP contribution < -0.4 is 10.6 Å². The molecule has 3 rings (SSSR count). The molecule has 0 spiro atoms.